The Kier molecular flexibility index (Phi) is 4.37. The zero-order chi connectivity index (χ0) is 14.7. The normalized spacial score (nSPS) is 20.1. The van der Waals surface area contributed by atoms with Crippen LogP contribution >= 0.6 is 0 Å². The first kappa shape index (κ1) is 14.5. The Labute approximate surface area is 117 Å². The van der Waals surface area contributed by atoms with Crippen molar-refractivity contribution in [2.75, 3.05) is 7.11 Å². The molecule has 1 fully saturated rings. The van der Waals surface area contributed by atoms with Crippen molar-refractivity contribution in [3.63, 3.8) is 0 Å². The average molecular weight is 279 g/mol. The predicted octanol–water partition coefficient (Wildman–Crippen LogP) is 2.13. The zero-order valence-electron chi connectivity index (χ0n) is 11.6. The lowest BCUT2D eigenvalue weighted by atomic mass is 9.99. The summed E-state index contributed by atoms with van der Waals surface area (Å²) in [6.45, 7) is 2.16. The van der Waals surface area contributed by atoms with Gasteiger partial charge in [-0.25, -0.2) is 4.39 Å². The molecule has 0 spiro atoms. The van der Waals surface area contributed by atoms with Gasteiger partial charge >= 0.3 is 5.97 Å². The van der Waals surface area contributed by atoms with Gasteiger partial charge in [0.05, 0.1) is 13.0 Å². The molecule has 1 aliphatic heterocycles. The number of nitrogens with zero attached hydrogens (tertiary/aromatic N) is 1. The molecule has 0 aliphatic carbocycles. The van der Waals surface area contributed by atoms with Crippen LogP contribution in [0.25, 0.3) is 0 Å². The number of rotatable bonds is 4. The fourth-order valence-corrected chi connectivity index (χ4v) is 2.61. The number of carbonyl (C=O) groups excluding carboxylic acids is 2. The van der Waals surface area contributed by atoms with Crippen LogP contribution in [0.1, 0.15) is 25.3 Å². The Hall–Kier alpha value is -1.91. The van der Waals surface area contributed by atoms with E-state index in [-0.39, 0.29) is 29.7 Å². The number of amides is 1. The Balaban J connectivity index is 2.12. The molecular weight excluding hydrogens is 261 g/mol. The molecule has 1 amide bonds. The maximum atomic E-state index is 12.9. The quantitative estimate of drug-likeness (QED) is 0.793. The van der Waals surface area contributed by atoms with Gasteiger partial charge in [0.1, 0.15) is 5.82 Å². The molecule has 2 rings (SSSR count). The molecule has 4 nitrogen and oxygen atoms in total. The van der Waals surface area contributed by atoms with E-state index in [2.05, 4.69) is 0 Å². The van der Waals surface area contributed by atoms with E-state index >= 15 is 0 Å². The van der Waals surface area contributed by atoms with E-state index in [0.717, 1.165) is 5.56 Å². The first-order valence-corrected chi connectivity index (χ1v) is 6.64. The number of methoxy groups -OCH3 is 1. The standard InChI is InChI=1S/C15H18FNO3/c1-10(15(19)20-2)13-7-8-14(18)17(13)9-11-3-5-12(16)6-4-11/h3-6,10,13H,7-9H2,1-2H3. The van der Waals surface area contributed by atoms with Gasteiger partial charge in [0, 0.05) is 19.0 Å². The highest BCUT2D eigenvalue weighted by Gasteiger charge is 2.37. The van der Waals surface area contributed by atoms with Crippen molar-refractivity contribution >= 4 is 11.9 Å². The van der Waals surface area contributed by atoms with Gasteiger partial charge in [0.2, 0.25) is 5.91 Å². The van der Waals surface area contributed by atoms with E-state index in [1.807, 2.05) is 0 Å². The summed E-state index contributed by atoms with van der Waals surface area (Å²) in [6, 6.07) is 5.89. The van der Waals surface area contributed by atoms with Crippen molar-refractivity contribution in [2.24, 2.45) is 5.92 Å². The largest absolute Gasteiger partial charge is 0.469 e. The Morgan fingerprint density at radius 3 is 2.70 bits per heavy atom. The third-order valence-corrected chi connectivity index (χ3v) is 3.79. The van der Waals surface area contributed by atoms with Gasteiger partial charge in [-0.1, -0.05) is 12.1 Å². The number of hydrogen-bond donors (Lipinski definition) is 0. The minimum Gasteiger partial charge on any atom is -0.469 e. The van der Waals surface area contributed by atoms with Crippen LogP contribution in [-0.4, -0.2) is 29.9 Å². The molecule has 0 bridgehead atoms. The van der Waals surface area contributed by atoms with Gasteiger partial charge < -0.3 is 9.64 Å². The highest BCUT2D eigenvalue weighted by atomic mass is 19.1. The van der Waals surface area contributed by atoms with Crippen molar-refractivity contribution in [1.82, 2.24) is 4.90 Å². The number of benzene rings is 1. The number of carbonyl (C=O) groups is 2. The number of esters is 1. The number of hydrogen-bond acceptors (Lipinski definition) is 3. The van der Waals surface area contributed by atoms with E-state index in [0.29, 0.717) is 19.4 Å². The topological polar surface area (TPSA) is 46.6 Å². The number of ether oxygens (including phenoxy) is 1. The molecule has 5 heteroatoms. The molecule has 0 aromatic heterocycles. The Bertz CT molecular complexity index is 500. The Morgan fingerprint density at radius 2 is 2.10 bits per heavy atom. The summed E-state index contributed by atoms with van der Waals surface area (Å²) in [5.41, 5.74) is 0.851. The molecule has 1 saturated heterocycles. The summed E-state index contributed by atoms with van der Waals surface area (Å²) >= 11 is 0. The van der Waals surface area contributed by atoms with Crippen LogP contribution in [-0.2, 0) is 20.9 Å². The van der Waals surface area contributed by atoms with Gasteiger partial charge in [-0.05, 0) is 31.0 Å². The molecule has 2 unspecified atom stereocenters. The first-order valence-electron chi connectivity index (χ1n) is 6.64. The summed E-state index contributed by atoms with van der Waals surface area (Å²) in [7, 11) is 1.35. The van der Waals surface area contributed by atoms with Crippen molar-refractivity contribution in [2.45, 2.75) is 32.4 Å². The van der Waals surface area contributed by atoms with Gasteiger partial charge in [-0.2, -0.15) is 0 Å². The van der Waals surface area contributed by atoms with E-state index in [9.17, 15) is 14.0 Å². The fourth-order valence-electron chi connectivity index (χ4n) is 2.61. The lowest BCUT2D eigenvalue weighted by Gasteiger charge is -2.28. The Morgan fingerprint density at radius 1 is 1.45 bits per heavy atom. The molecule has 0 N–H and O–H groups in total. The maximum absolute atomic E-state index is 12.9. The zero-order valence-corrected chi connectivity index (χ0v) is 11.6. The summed E-state index contributed by atoms with van der Waals surface area (Å²) in [4.78, 5) is 25.3. The highest BCUT2D eigenvalue weighted by Crippen LogP contribution is 2.27. The second kappa shape index (κ2) is 6.03. The van der Waals surface area contributed by atoms with Crippen LogP contribution in [0.3, 0.4) is 0 Å². The van der Waals surface area contributed by atoms with Crippen LogP contribution in [0.2, 0.25) is 0 Å². The van der Waals surface area contributed by atoms with E-state index in [4.69, 9.17) is 4.74 Å². The van der Waals surface area contributed by atoms with Gasteiger partial charge in [-0.3, -0.25) is 9.59 Å². The van der Waals surface area contributed by atoms with Crippen molar-refractivity contribution in [3.8, 4) is 0 Å². The molecule has 20 heavy (non-hydrogen) atoms. The molecule has 0 radical (unpaired) electrons. The third kappa shape index (κ3) is 2.98. The molecule has 1 aliphatic rings. The lowest BCUT2D eigenvalue weighted by molar-refractivity contribution is -0.147. The molecular formula is C15H18FNO3. The van der Waals surface area contributed by atoms with Crippen LogP contribution < -0.4 is 0 Å². The molecule has 1 aromatic carbocycles. The fraction of sp³-hybridized carbons (Fsp3) is 0.467. The van der Waals surface area contributed by atoms with E-state index < -0.39 is 0 Å². The second-order valence-electron chi connectivity index (χ2n) is 5.07. The number of likely N-dealkylation sites (tertiary alicyclic amines) is 1. The SMILES string of the molecule is COC(=O)C(C)C1CCC(=O)N1Cc1ccc(F)cc1. The number of halogens is 1. The molecule has 108 valence electrons. The smallest absolute Gasteiger partial charge is 0.310 e. The van der Waals surface area contributed by atoms with Crippen molar-refractivity contribution in [3.05, 3.63) is 35.6 Å². The minimum absolute atomic E-state index is 0.0232. The van der Waals surface area contributed by atoms with Crippen LogP contribution in [0.5, 0.6) is 0 Å². The van der Waals surface area contributed by atoms with Crippen LogP contribution in [0.15, 0.2) is 24.3 Å². The second-order valence-corrected chi connectivity index (χ2v) is 5.07. The van der Waals surface area contributed by atoms with Crippen LogP contribution in [0.4, 0.5) is 4.39 Å². The summed E-state index contributed by atoms with van der Waals surface area (Å²) in [5.74, 6) is -0.947. The molecule has 0 saturated carbocycles. The monoisotopic (exact) mass is 279 g/mol. The van der Waals surface area contributed by atoms with E-state index in [1.54, 1.807) is 24.0 Å². The average Bonchev–Trinajstić information content (AvgIpc) is 2.81. The van der Waals surface area contributed by atoms with Crippen molar-refractivity contribution < 1.29 is 18.7 Å². The van der Waals surface area contributed by atoms with Gasteiger partial charge in [0.15, 0.2) is 0 Å². The summed E-state index contributed by atoms with van der Waals surface area (Å²) < 4.78 is 17.6. The van der Waals surface area contributed by atoms with Gasteiger partial charge in [-0.15, -0.1) is 0 Å². The molecule has 1 heterocycles. The summed E-state index contributed by atoms with van der Waals surface area (Å²) in [6.07, 6.45) is 1.09. The lowest BCUT2D eigenvalue weighted by Crippen LogP contribution is -2.40. The highest BCUT2D eigenvalue weighted by molar-refractivity contribution is 5.81. The van der Waals surface area contributed by atoms with Gasteiger partial charge in [0.25, 0.3) is 0 Å². The van der Waals surface area contributed by atoms with Crippen molar-refractivity contribution in [1.29, 1.82) is 0 Å². The van der Waals surface area contributed by atoms with Crippen LogP contribution in [0, 0.1) is 11.7 Å². The predicted molar refractivity (Wildman–Crippen MR) is 71.2 cm³/mol. The maximum Gasteiger partial charge on any atom is 0.310 e. The molecule has 1 aromatic rings. The first-order chi connectivity index (χ1) is 9.52. The molecule has 2 atom stereocenters. The third-order valence-electron chi connectivity index (χ3n) is 3.79. The minimum atomic E-state index is -0.355. The van der Waals surface area contributed by atoms with E-state index in [1.165, 1.54) is 19.2 Å². The summed E-state index contributed by atoms with van der Waals surface area (Å²) in [5, 5.41) is 0.